The molecule has 1 heterocycles. The highest BCUT2D eigenvalue weighted by atomic mass is 127. The Bertz CT molecular complexity index is 509. The molecule has 0 aromatic carbocycles. The molecule has 202 valence electrons. The molecule has 6 unspecified atom stereocenters. The zero-order valence-corrected chi connectivity index (χ0v) is 22.4. The van der Waals surface area contributed by atoms with Crippen molar-refractivity contribution in [2.75, 3.05) is 24.2 Å². The van der Waals surface area contributed by atoms with Crippen molar-refractivity contribution in [2.45, 2.75) is 120 Å². The molecule has 1 aliphatic heterocycles. The van der Waals surface area contributed by atoms with Crippen LogP contribution in [0, 0.1) is 0 Å². The Balaban J connectivity index is 1.99. The topological polar surface area (TPSA) is 146 Å². The Labute approximate surface area is 217 Å². The highest BCUT2D eigenvalue weighted by Gasteiger charge is 2.44. The summed E-state index contributed by atoms with van der Waals surface area (Å²) in [6.45, 7) is -1.13. The van der Waals surface area contributed by atoms with Crippen LogP contribution in [0.2, 0.25) is 0 Å². The van der Waals surface area contributed by atoms with Gasteiger partial charge in [-0.25, -0.2) is 0 Å². The number of esters is 1. The molecule has 0 amide bonds. The van der Waals surface area contributed by atoms with E-state index in [2.05, 4.69) is 22.6 Å². The SMILES string of the molecule is O=C(CCCCCCCCCCCCCCI)OCC(O)COC1OC(CO)C(O)C(O)C1O. The summed E-state index contributed by atoms with van der Waals surface area (Å²) in [4.78, 5) is 11.8. The maximum Gasteiger partial charge on any atom is 0.305 e. The van der Waals surface area contributed by atoms with Gasteiger partial charge in [-0.3, -0.25) is 4.79 Å². The van der Waals surface area contributed by atoms with Crippen LogP contribution in [0.25, 0.3) is 0 Å². The fraction of sp³-hybridized carbons (Fsp3) is 0.958. The molecule has 0 aliphatic carbocycles. The Morgan fingerprint density at radius 2 is 1.32 bits per heavy atom. The molecule has 10 heteroatoms. The molecular formula is C24H45IO9. The van der Waals surface area contributed by atoms with E-state index in [0.29, 0.717) is 6.42 Å². The first-order valence-corrected chi connectivity index (χ1v) is 14.2. The number of rotatable bonds is 20. The lowest BCUT2D eigenvalue weighted by Gasteiger charge is -2.39. The maximum atomic E-state index is 11.8. The lowest BCUT2D eigenvalue weighted by molar-refractivity contribution is -0.305. The number of hydrogen-bond acceptors (Lipinski definition) is 9. The second-order valence-corrected chi connectivity index (χ2v) is 10.1. The quantitative estimate of drug-likeness (QED) is 0.0611. The molecule has 5 N–H and O–H groups in total. The minimum Gasteiger partial charge on any atom is -0.463 e. The molecule has 9 nitrogen and oxygen atoms in total. The van der Waals surface area contributed by atoms with Crippen LogP contribution in [0.1, 0.15) is 83.5 Å². The van der Waals surface area contributed by atoms with E-state index >= 15 is 0 Å². The molecule has 0 spiro atoms. The molecule has 1 aliphatic rings. The van der Waals surface area contributed by atoms with E-state index in [0.717, 1.165) is 19.3 Å². The zero-order chi connectivity index (χ0) is 25.2. The Morgan fingerprint density at radius 3 is 1.85 bits per heavy atom. The summed E-state index contributed by atoms with van der Waals surface area (Å²) in [5, 5.41) is 48.4. The third kappa shape index (κ3) is 13.9. The minimum absolute atomic E-state index is 0.256. The minimum atomic E-state index is -1.55. The van der Waals surface area contributed by atoms with E-state index < -0.39 is 43.4 Å². The molecule has 0 saturated carbocycles. The van der Waals surface area contributed by atoms with E-state index in [9.17, 15) is 25.2 Å². The second-order valence-electron chi connectivity index (χ2n) is 9.05. The lowest BCUT2D eigenvalue weighted by Crippen LogP contribution is -2.59. The third-order valence-corrected chi connectivity index (χ3v) is 6.77. The Kier molecular flexibility index (Phi) is 18.8. The van der Waals surface area contributed by atoms with Crippen molar-refractivity contribution in [2.24, 2.45) is 0 Å². The van der Waals surface area contributed by atoms with Crippen molar-refractivity contribution in [3.05, 3.63) is 0 Å². The van der Waals surface area contributed by atoms with Crippen molar-refractivity contribution in [3.8, 4) is 0 Å². The van der Waals surface area contributed by atoms with Gasteiger partial charge in [0, 0.05) is 6.42 Å². The molecule has 1 saturated heterocycles. The average Bonchev–Trinajstić information content (AvgIpc) is 2.83. The number of alkyl halides is 1. The molecule has 0 aromatic rings. The summed E-state index contributed by atoms with van der Waals surface area (Å²) in [6, 6.07) is 0. The van der Waals surface area contributed by atoms with Crippen LogP contribution in [-0.2, 0) is 19.0 Å². The molecule has 6 atom stereocenters. The number of carbonyl (C=O) groups excluding carboxylic acids is 1. The van der Waals surface area contributed by atoms with Crippen LogP contribution < -0.4 is 0 Å². The van der Waals surface area contributed by atoms with Gasteiger partial charge in [0.05, 0.1) is 13.2 Å². The largest absolute Gasteiger partial charge is 0.463 e. The Hall–Kier alpha value is -0.0800. The van der Waals surface area contributed by atoms with Crippen LogP contribution in [-0.4, -0.2) is 92.6 Å². The summed E-state index contributed by atoms with van der Waals surface area (Å²) >= 11 is 2.43. The molecule has 1 rings (SSSR count). The van der Waals surface area contributed by atoms with Crippen LogP contribution in [0.4, 0.5) is 0 Å². The van der Waals surface area contributed by atoms with Gasteiger partial charge in [-0.05, 0) is 17.3 Å². The molecule has 0 aromatic heterocycles. The predicted molar refractivity (Wildman–Crippen MR) is 136 cm³/mol. The van der Waals surface area contributed by atoms with E-state index in [-0.39, 0.29) is 19.2 Å². The highest BCUT2D eigenvalue weighted by molar-refractivity contribution is 14.1. The summed E-state index contributed by atoms with van der Waals surface area (Å²) in [6.07, 6.45) is 6.84. The number of halogens is 1. The average molecular weight is 605 g/mol. The van der Waals surface area contributed by atoms with Crippen molar-refractivity contribution >= 4 is 28.6 Å². The van der Waals surface area contributed by atoms with Gasteiger partial charge in [-0.15, -0.1) is 0 Å². The van der Waals surface area contributed by atoms with Crippen LogP contribution >= 0.6 is 22.6 Å². The van der Waals surface area contributed by atoms with Gasteiger partial charge >= 0.3 is 5.97 Å². The van der Waals surface area contributed by atoms with Crippen LogP contribution in [0.3, 0.4) is 0 Å². The second kappa shape index (κ2) is 20.0. The molecule has 0 bridgehead atoms. The van der Waals surface area contributed by atoms with Crippen molar-refractivity contribution in [1.82, 2.24) is 0 Å². The van der Waals surface area contributed by atoms with Gasteiger partial charge in [-0.2, -0.15) is 0 Å². The molecular weight excluding hydrogens is 559 g/mol. The standard InChI is InChI=1S/C24H45IO9/c25-14-12-10-8-6-4-2-1-3-5-7-9-11-13-20(28)32-16-18(27)17-33-24-23(31)22(30)21(29)19(15-26)34-24/h18-19,21-24,26-27,29-31H,1-17H2. The summed E-state index contributed by atoms with van der Waals surface area (Å²) in [5.41, 5.74) is 0. The van der Waals surface area contributed by atoms with E-state index in [1.54, 1.807) is 0 Å². The third-order valence-electron chi connectivity index (χ3n) is 6.00. The van der Waals surface area contributed by atoms with Gasteiger partial charge in [0.15, 0.2) is 6.29 Å². The number of hydrogen-bond donors (Lipinski definition) is 5. The summed E-state index contributed by atoms with van der Waals surface area (Å²) in [5.74, 6) is -0.380. The first kappa shape index (κ1) is 31.9. The van der Waals surface area contributed by atoms with Crippen molar-refractivity contribution in [1.29, 1.82) is 0 Å². The summed E-state index contributed by atoms with van der Waals surface area (Å²) in [7, 11) is 0. The van der Waals surface area contributed by atoms with Crippen molar-refractivity contribution in [3.63, 3.8) is 0 Å². The molecule has 1 fully saturated rings. The summed E-state index contributed by atoms with van der Waals surface area (Å²) < 4.78 is 16.7. The molecule has 34 heavy (non-hydrogen) atoms. The van der Waals surface area contributed by atoms with Gasteiger partial charge in [-0.1, -0.05) is 86.8 Å². The number of aliphatic hydroxyl groups is 5. The monoisotopic (exact) mass is 604 g/mol. The highest BCUT2D eigenvalue weighted by Crippen LogP contribution is 2.22. The Morgan fingerprint density at radius 1 is 0.794 bits per heavy atom. The van der Waals surface area contributed by atoms with Gasteiger partial charge in [0.2, 0.25) is 0 Å². The van der Waals surface area contributed by atoms with Gasteiger partial charge in [0.1, 0.15) is 37.1 Å². The fourth-order valence-corrected chi connectivity index (χ4v) is 4.39. The number of carbonyl (C=O) groups is 1. The number of ether oxygens (including phenoxy) is 3. The molecule has 0 radical (unpaired) electrons. The van der Waals surface area contributed by atoms with E-state index in [1.165, 1.54) is 62.2 Å². The smallest absolute Gasteiger partial charge is 0.305 e. The zero-order valence-electron chi connectivity index (χ0n) is 20.2. The first-order chi connectivity index (χ1) is 16.4. The van der Waals surface area contributed by atoms with E-state index in [1.807, 2.05) is 0 Å². The van der Waals surface area contributed by atoms with Crippen LogP contribution in [0.15, 0.2) is 0 Å². The first-order valence-electron chi connectivity index (χ1n) is 12.7. The van der Waals surface area contributed by atoms with Crippen molar-refractivity contribution < 1.29 is 44.5 Å². The number of aliphatic hydroxyl groups excluding tert-OH is 5. The van der Waals surface area contributed by atoms with Gasteiger partial charge in [0.25, 0.3) is 0 Å². The van der Waals surface area contributed by atoms with Gasteiger partial charge < -0.3 is 39.7 Å². The number of unbranched alkanes of at least 4 members (excludes halogenated alkanes) is 11. The fourth-order valence-electron chi connectivity index (χ4n) is 3.85. The predicted octanol–water partition coefficient (Wildman–Crippen LogP) is 2.21. The van der Waals surface area contributed by atoms with E-state index in [4.69, 9.17) is 19.3 Å². The lowest BCUT2D eigenvalue weighted by atomic mass is 9.99. The van der Waals surface area contributed by atoms with Crippen LogP contribution in [0.5, 0.6) is 0 Å². The maximum absolute atomic E-state index is 11.8. The normalized spacial score (nSPS) is 25.9.